The van der Waals surface area contributed by atoms with Gasteiger partial charge in [-0.2, -0.15) is 5.26 Å². The Labute approximate surface area is 148 Å². The third-order valence-electron chi connectivity index (χ3n) is 4.13. The first-order valence-corrected chi connectivity index (χ1v) is 8.39. The van der Waals surface area contributed by atoms with Gasteiger partial charge in [0, 0.05) is 17.7 Å². The van der Waals surface area contributed by atoms with Crippen LogP contribution in [0.3, 0.4) is 0 Å². The van der Waals surface area contributed by atoms with E-state index in [9.17, 15) is 14.4 Å². The summed E-state index contributed by atoms with van der Waals surface area (Å²) < 4.78 is 5.15. The van der Waals surface area contributed by atoms with E-state index < -0.39 is 23.8 Å². The molecule has 1 aliphatic carbocycles. The first-order valence-electron chi connectivity index (χ1n) is 8.39. The topological polar surface area (TPSA) is 122 Å². The fraction of sp³-hybridized carbons (Fsp3) is 0.667. The number of ether oxygens (including phenoxy) is 1. The van der Waals surface area contributed by atoms with Crippen LogP contribution in [0.2, 0.25) is 0 Å². The van der Waals surface area contributed by atoms with Crippen molar-refractivity contribution in [2.75, 3.05) is 6.61 Å². The van der Waals surface area contributed by atoms with Gasteiger partial charge in [-0.15, -0.1) is 0 Å². The quantitative estimate of drug-likeness (QED) is 0.428. The largest absolute Gasteiger partial charge is 0.457 e. The Morgan fingerprint density at radius 1 is 1.24 bits per heavy atom. The number of nitriles is 1. The number of hydrogen-bond donors (Lipinski definition) is 2. The molecule has 0 aliphatic heterocycles. The van der Waals surface area contributed by atoms with Gasteiger partial charge >= 0.3 is 5.97 Å². The lowest BCUT2D eigenvalue weighted by Crippen LogP contribution is -2.44. The van der Waals surface area contributed by atoms with Crippen LogP contribution >= 0.6 is 0 Å². The van der Waals surface area contributed by atoms with Crippen molar-refractivity contribution in [3.63, 3.8) is 0 Å². The highest BCUT2D eigenvalue weighted by molar-refractivity contribution is 6.01. The Bertz CT molecular complexity index is 613. The first-order chi connectivity index (χ1) is 11.5. The normalized spacial score (nSPS) is 17.2. The fourth-order valence-corrected chi connectivity index (χ4v) is 3.00. The summed E-state index contributed by atoms with van der Waals surface area (Å²) in [7, 11) is 0. The van der Waals surface area contributed by atoms with Crippen LogP contribution in [0.4, 0.5) is 0 Å². The number of rotatable bonds is 6. The van der Waals surface area contributed by atoms with E-state index in [1.165, 1.54) is 6.92 Å². The van der Waals surface area contributed by atoms with E-state index in [0.29, 0.717) is 12.8 Å². The predicted molar refractivity (Wildman–Crippen MR) is 91.9 cm³/mol. The third kappa shape index (κ3) is 5.89. The van der Waals surface area contributed by atoms with Gasteiger partial charge in [0.25, 0.3) is 0 Å². The molecule has 1 saturated carbocycles. The van der Waals surface area contributed by atoms with E-state index >= 15 is 0 Å². The predicted octanol–water partition coefficient (Wildman–Crippen LogP) is 1.72. The number of nitrogens with two attached hydrogens (primary N) is 1. The van der Waals surface area contributed by atoms with Crippen molar-refractivity contribution < 1.29 is 19.1 Å². The van der Waals surface area contributed by atoms with Crippen molar-refractivity contribution in [2.45, 2.75) is 65.3 Å². The van der Waals surface area contributed by atoms with Crippen LogP contribution in [-0.2, 0) is 19.1 Å². The van der Waals surface area contributed by atoms with Gasteiger partial charge in [-0.3, -0.25) is 14.4 Å². The summed E-state index contributed by atoms with van der Waals surface area (Å²) in [5, 5.41) is 11.8. The maximum Gasteiger partial charge on any atom is 0.313 e. The fourth-order valence-electron chi connectivity index (χ4n) is 3.00. The molecule has 0 unspecified atom stereocenters. The standard InChI is InChI=1S/C18H27N3O4/c1-12(20)13(10-19)14(22)11-25-16(24)18(7-5-6-8-18)9-15(23)21-17(2,3)4/h5-9,11,20H2,1-4H3,(H,21,23)/b13-12-. The van der Waals surface area contributed by atoms with Gasteiger partial charge < -0.3 is 15.8 Å². The Hall–Kier alpha value is -2.36. The summed E-state index contributed by atoms with van der Waals surface area (Å²) in [6.07, 6.45) is 2.80. The molecule has 0 radical (unpaired) electrons. The minimum absolute atomic E-state index is 0.0359. The Balaban J connectivity index is 2.78. The number of hydrogen-bond acceptors (Lipinski definition) is 6. The Morgan fingerprint density at radius 2 is 1.80 bits per heavy atom. The molecule has 1 aliphatic rings. The lowest BCUT2D eigenvalue weighted by molar-refractivity contribution is -0.159. The molecule has 7 nitrogen and oxygen atoms in total. The molecule has 0 heterocycles. The van der Waals surface area contributed by atoms with Gasteiger partial charge in [0.05, 0.1) is 5.41 Å². The number of esters is 1. The van der Waals surface area contributed by atoms with Gasteiger partial charge in [-0.1, -0.05) is 12.8 Å². The average Bonchev–Trinajstić information content (AvgIpc) is 2.92. The average molecular weight is 349 g/mol. The second-order valence-electron chi connectivity index (χ2n) is 7.63. The molecule has 0 saturated heterocycles. The third-order valence-corrected chi connectivity index (χ3v) is 4.13. The molecule has 1 fully saturated rings. The van der Waals surface area contributed by atoms with Crippen LogP contribution < -0.4 is 11.1 Å². The van der Waals surface area contributed by atoms with E-state index in [2.05, 4.69) is 5.32 Å². The monoisotopic (exact) mass is 349 g/mol. The summed E-state index contributed by atoms with van der Waals surface area (Å²) in [4.78, 5) is 36.8. The molecule has 0 bridgehead atoms. The number of ketones is 1. The summed E-state index contributed by atoms with van der Waals surface area (Å²) in [6, 6.07) is 1.71. The SMILES string of the molecule is C/C(N)=C(\C#N)C(=O)COC(=O)C1(CC(=O)NC(C)(C)C)CCCC1. The molecule has 0 aromatic carbocycles. The zero-order chi connectivity index (χ0) is 19.3. The smallest absolute Gasteiger partial charge is 0.313 e. The van der Waals surface area contributed by atoms with Crippen molar-refractivity contribution in [3.05, 3.63) is 11.3 Å². The Kier molecular flexibility index (Phi) is 6.74. The molecule has 3 N–H and O–H groups in total. The van der Waals surface area contributed by atoms with Crippen molar-refractivity contribution >= 4 is 17.7 Å². The van der Waals surface area contributed by atoms with E-state index in [4.69, 9.17) is 15.7 Å². The number of amides is 1. The number of carbonyl (C=O) groups excluding carboxylic acids is 3. The van der Waals surface area contributed by atoms with Gasteiger partial charge in [-0.05, 0) is 40.5 Å². The van der Waals surface area contributed by atoms with Crippen molar-refractivity contribution in [2.24, 2.45) is 11.1 Å². The number of nitrogens with one attached hydrogen (secondary N) is 1. The molecule has 138 valence electrons. The molecule has 0 aromatic heterocycles. The van der Waals surface area contributed by atoms with Crippen molar-refractivity contribution in [1.82, 2.24) is 5.32 Å². The summed E-state index contributed by atoms with van der Waals surface area (Å²) in [5.41, 5.74) is 4.06. The minimum Gasteiger partial charge on any atom is -0.457 e. The molecule has 0 atom stereocenters. The molecular weight excluding hydrogens is 322 g/mol. The molecule has 25 heavy (non-hydrogen) atoms. The second-order valence-corrected chi connectivity index (χ2v) is 7.63. The van der Waals surface area contributed by atoms with Crippen LogP contribution in [0.1, 0.15) is 59.8 Å². The maximum absolute atomic E-state index is 12.6. The molecule has 1 rings (SSSR count). The van der Waals surface area contributed by atoms with Gasteiger partial charge in [-0.25, -0.2) is 0 Å². The van der Waals surface area contributed by atoms with Crippen molar-refractivity contribution in [3.8, 4) is 6.07 Å². The van der Waals surface area contributed by atoms with Crippen LogP contribution in [0.25, 0.3) is 0 Å². The summed E-state index contributed by atoms with van der Waals surface area (Å²) in [5.74, 6) is -1.41. The van der Waals surface area contributed by atoms with E-state index in [1.807, 2.05) is 20.8 Å². The minimum atomic E-state index is -0.899. The maximum atomic E-state index is 12.6. The van der Waals surface area contributed by atoms with Gasteiger partial charge in [0.1, 0.15) is 11.6 Å². The van der Waals surface area contributed by atoms with Crippen LogP contribution in [0.5, 0.6) is 0 Å². The first kappa shape index (κ1) is 20.7. The molecule has 0 spiro atoms. The van der Waals surface area contributed by atoms with Gasteiger partial charge in [0.15, 0.2) is 6.61 Å². The molecular formula is C18H27N3O4. The van der Waals surface area contributed by atoms with Crippen LogP contribution in [0, 0.1) is 16.7 Å². The van der Waals surface area contributed by atoms with Crippen LogP contribution in [0.15, 0.2) is 11.3 Å². The highest BCUT2D eigenvalue weighted by Gasteiger charge is 2.44. The number of carbonyl (C=O) groups is 3. The molecule has 7 heteroatoms. The van der Waals surface area contributed by atoms with Gasteiger partial charge in [0.2, 0.25) is 11.7 Å². The zero-order valence-corrected chi connectivity index (χ0v) is 15.4. The second kappa shape index (κ2) is 8.15. The lowest BCUT2D eigenvalue weighted by Gasteiger charge is -2.28. The zero-order valence-electron chi connectivity index (χ0n) is 15.4. The van der Waals surface area contributed by atoms with E-state index in [1.54, 1.807) is 6.07 Å². The lowest BCUT2D eigenvalue weighted by atomic mass is 9.82. The van der Waals surface area contributed by atoms with Crippen molar-refractivity contribution in [1.29, 1.82) is 5.26 Å². The highest BCUT2D eigenvalue weighted by atomic mass is 16.5. The molecule has 1 amide bonds. The van der Waals surface area contributed by atoms with Crippen LogP contribution in [-0.4, -0.2) is 29.8 Å². The summed E-state index contributed by atoms with van der Waals surface area (Å²) in [6.45, 7) is 6.50. The number of allylic oxidation sites excluding steroid dienone is 1. The van der Waals surface area contributed by atoms with E-state index in [-0.39, 0.29) is 29.1 Å². The van der Waals surface area contributed by atoms with E-state index in [0.717, 1.165) is 12.8 Å². The highest BCUT2D eigenvalue weighted by Crippen LogP contribution is 2.42. The molecule has 0 aromatic rings. The number of Topliss-reactive ketones (excluding diaryl/α,β-unsaturated/α-hetero) is 1. The number of nitrogens with zero attached hydrogens (tertiary/aromatic N) is 1. The summed E-state index contributed by atoms with van der Waals surface area (Å²) >= 11 is 0. The Morgan fingerprint density at radius 3 is 2.24 bits per heavy atom.